The monoisotopic (exact) mass is 432 g/mol. The maximum absolute atomic E-state index is 14.3. The highest BCUT2D eigenvalue weighted by Gasteiger charge is 2.25. The molecule has 0 radical (unpaired) electrons. The Hall–Kier alpha value is -3.68. The van der Waals surface area contributed by atoms with Gasteiger partial charge < -0.3 is 10.5 Å². The molecular formula is C24H25FN6O. The number of hydrogen-bond donors (Lipinski definition) is 1. The average molecular weight is 433 g/mol. The molecule has 3 aromatic heterocycles. The molecule has 7 nitrogen and oxygen atoms in total. The first-order valence-corrected chi connectivity index (χ1v) is 10.6. The molecule has 0 saturated carbocycles. The Morgan fingerprint density at radius 1 is 1.22 bits per heavy atom. The van der Waals surface area contributed by atoms with Crippen molar-refractivity contribution in [3.8, 4) is 28.1 Å². The highest BCUT2D eigenvalue weighted by Crippen LogP contribution is 2.39. The van der Waals surface area contributed by atoms with Gasteiger partial charge in [-0.05, 0) is 37.6 Å². The molecular weight excluding hydrogens is 407 g/mol. The van der Waals surface area contributed by atoms with E-state index in [2.05, 4.69) is 11.9 Å². The van der Waals surface area contributed by atoms with Crippen molar-refractivity contribution >= 4 is 5.82 Å². The zero-order valence-corrected chi connectivity index (χ0v) is 18.6. The minimum Gasteiger partial charge on any atom is -0.482 e. The quantitative estimate of drug-likeness (QED) is 0.487. The lowest BCUT2D eigenvalue weighted by Crippen LogP contribution is -2.10. The number of ether oxygens (including phenoxy) is 1. The Balaban J connectivity index is 1.84. The molecule has 0 fully saturated rings. The third-order valence-electron chi connectivity index (χ3n) is 6.02. The summed E-state index contributed by atoms with van der Waals surface area (Å²) in [6.07, 6.45) is 4.70. The summed E-state index contributed by atoms with van der Waals surface area (Å²) < 4.78 is 24.2. The predicted molar refractivity (Wildman–Crippen MR) is 121 cm³/mol. The van der Waals surface area contributed by atoms with E-state index in [0.717, 1.165) is 45.8 Å². The van der Waals surface area contributed by atoms with Gasteiger partial charge in [0, 0.05) is 60.7 Å². The van der Waals surface area contributed by atoms with Gasteiger partial charge in [0.25, 0.3) is 0 Å². The van der Waals surface area contributed by atoms with Gasteiger partial charge in [0.1, 0.15) is 11.9 Å². The normalized spacial score (nSPS) is 15.1. The van der Waals surface area contributed by atoms with E-state index >= 15 is 0 Å². The molecule has 4 heterocycles. The van der Waals surface area contributed by atoms with E-state index in [0.29, 0.717) is 17.7 Å². The van der Waals surface area contributed by atoms with Crippen molar-refractivity contribution in [2.75, 3.05) is 5.73 Å². The number of aryl methyl sites for hydroxylation is 3. The minimum absolute atomic E-state index is 0.289. The van der Waals surface area contributed by atoms with Crippen LogP contribution in [0.5, 0.6) is 5.75 Å². The molecule has 1 unspecified atom stereocenters. The fourth-order valence-electron chi connectivity index (χ4n) is 4.50. The number of aromatic nitrogens is 5. The number of halogens is 1. The number of nitrogens with zero attached hydrogens (tertiary/aromatic N) is 5. The fourth-order valence-corrected chi connectivity index (χ4v) is 4.50. The van der Waals surface area contributed by atoms with Crippen LogP contribution in [0.25, 0.3) is 22.4 Å². The van der Waals surface area contributed by atoms with Gasteiger partial charge in [-0.3, -0.25) is 9.36 Å². The smallest absolute Gasteiger partial charge is 0.166 e. The zero-order chi connectivity index (χ0) is 22.6. The van der Waals surface area contributed by atoms with Gasteiger partial charge in [0.2, 0.25) is 0 Å². The first-order chi connectivity index (χ1) is 15.4. The second-order valence-electron chi connectivity index (χ2n) is 8.20. The van der Waals surface area contributed by atoms with Crippen LogP contribution in [0.15, 0.2) is 36.7 Å². The van der Waals surface area contributed by atoms with E-state index in [4.69, 9.17) is 20.7 Å². The van der Waals surface area contributed by atoms with Crippen molar-refractivity contribution < 1.29 is 9.13 Å². The highest BCUT2D eigenvalue weighted by molar-refractivity contribution is 5.74. The average Bonchev–Trinajstić information content (AvgIpc) is 3.28. The lowest BCUT2D eigenvalue weighted by atomic mass is 9.94. The summed E-state index contributed by atoms with van der Waals surface area (Å²) in [5.41, 5.74) is 13.5. The Bertz CT molecular complexity index is 1340. The molecule has 164 valence electrons. The van der Waals surface area contributed by atoms with Crippen LogP contribution in [0.2, 0.25) is 0 Å². The van der Waals surface area contributed by atoms with Crippen LogP contribution in [0.1, 0.15) is 42.5 Å². The Morgan fingerprint density at radius 3 is 2.81 bits per heavy atom. The third kappa shape index (κ3) is 3.23. The van der Waals surface area contributed by atoms with Crippen LogP contribution in [0.4, 0.5) is 10.2 Å². The molecule has 2 N–H and O–H groups in total. The lowest BCUT2D eigenvalue weighted by Gasteiger charge is -2.21. The molecule has 1 aliphatic heterocycles. The number of hydrogen-bond acceptors (Lipinski definition) is 5. The van der Waals surface area contributed by atoms with Crippen LogP contribution in [-0.4, -0.2) is 24.5 Å². The van der Waals surface area contributed by atoms with E-state index < -0.39 is 6.10 Å². The van der Waals surface area contributed by atoms with Crippen molar-refractivity contribution in [2.24, 2.45) is 14.1 Å². The molecule has 0 amide bonds. The molecule has 1 aromatic carbocycles. The second kappa shape index (κ2) is 7.47. The maximum Gasteiger partial charge on any atom is 0.166 e. The van der Waals surface area contributed by atoms with Crippen molar-refractivity contribution in [1.29, 1.82) is 0 Å². The number of benzene rings is 1. The molecule has 5 rings (SSSR count). The highest BCUT2D eigenvalue weighted by atomic mass is 19.1. The molecule has 4 aromatic rings. The predicted octanol–water partition coefficient (Wildman–Crippen LogP) is 4.21. The summed E-state index contributed by atoms with van der Waals surface area (Å²) in [5.74, 6) is 0.423. The molecule has 32 heavy (non-hydrogen) atoms. The molecule has 0 saturated heterocycles. The number of anilines is 1. The molecule has 0 spiro atoms. The molecule has 1 atom stereocenters. The summed E-state index contributed by atoms with van der Waals surface area (Å²) in [4.78, 5) is 4.39. The number of pyridine rings is 1. The van der Waals surface area contributed by atoms with Crippen LogP contribution in [0, 0.1) is 5.82 Å². The van der Waals surface area contributed by atoms with Crippen molar-refractivity contribution in [3.05, 3.63) is 65.0 Å². The van der Waals surface area contributed by atoms with E-state index in [-0.39, 0.29) is 11.6 Å². The Morgan fingerprint density at radius 2 is 2.03 bits per heavy atom. The number of nitrogens with two attached hydrogens (primary N) is 1. The Labute approximate surface area is 185 Å². The van der Waals surface area contributed by atoms with E-state index in [1.165, 1.54) is 12.1 Å². The van der Waals surface area contributed by atoms with E-state index in [9.17, 15) is 4.39 Å². The Kier molecular flexibility index (Phi) is 4.73. The summed E-state index contributed by atoms with van der Waals surface area (Å²) in [6.45, 7) is 3.97. The number of rotatable bonds is 1. The van der Waals surface area contributed by atoms with Crippen LogP contribution in [-0.2, 0) is 26.9 Å². The van der Waals surface area contributed by atoms with E-state index in [1.807, 2.05) is 38.0 Å². The van der Waals surface area contributed by atoms with Gasteiger partial charge in [-0.2, -0.15) is 10.2 Å². The zero-order valence-electron chi connectivity index (χ0n) is 18.6. The number of fused-ring (bicyclic) bond motifs is 7. The van der Waals surface area contributed by atoms with Gasteiger partial charge >= 0.3 is 0 Å². The summed E-state index contributed by atoms with van der Waals surface area (Å²) in [6, 6.07) is 6.63. The van der Waals surface area contributed by atoms with Crippen molar-refractivity contribution in [2.45, 2.75) is 32.8 Å². The maximum atomic E-state index is 14.3. The van der Waals surface area contributed by atoms with Gasteiger partial charge in [0.05, 0.1) is 17.1 Å². The van der Waals surface area contributed by atoms with Gasteiger partial charge in [-0.25, -0.2) is 9.37 Å². The topological polar surface area (TPSA) is 83.8 Å². The SMILES string of the molecule is CCc1nn(C)c2c1-c1cnc(N)c(c1)OC(C)c1cc(F)ccc1-c1nn(C)cc1C2. The third-order valence-corrected chi connectivity index (χ3v) is 6.02. The molecule has 1 aliphatic rings. The van der Waals surface area contributed by atoms with Crippen LogP contribution >= 0.6 is 0 Å². The van der Waals surface area contributed by atoms with Crippen LogP contribution in [0.3, 0.4) is 0 Å². The summed E-state index contributed by atoms with van der Waals surface area (Å²) in [7, 11) is 3.84. The lowest BCUT2D eigenvalue weighted by molar-refractivity contribution is 0.227. The first-order valence-electron chi connectivity index (χ1n) is 10.6. The fraction of sp³-hybridized carbons (Fsp3) is 0.292. The number of nitrogen functional groups attached to an aromatic ring is 1. The van der Waals surface area contributed by atoms with Crippen molar-refractivity contribution in [1.82, 2.24) is 24.5 Å². The first kappa shape index (κ1) is 20.2. The van der Waals surface area contributed by atoms with Crippen molar-refractivity contribution in [3.63, 3.8) is 0 Å². The van der Waals surface area contributed by atoms with E-state index in [1.54, 1.807) is 16.9 Å². The van der Waals surface area contributed by atoms with Gasteiger partial charge in [-0.1, -0.05) is 6.92 Å². The molecule has 0 aliphatic carbocycles. The largest absolute Gasteiger partial charge is 0.482 e. The second-order valence-corrected chi connectivity index (χ2v) is 8.20. The van der Waals surface area contributed by atoms with Gasteiger partial charge in [-0.15, -0.1) is 0 Å². The molecule has 8 heteroatoms. The minimum atomic E-state index is -0.464. The summed E-state index contributed by atoms with van der Waals surface area (Å²) >= 11 is 0. The van der Waals surface area contributed by atoms with Crippen LogP contribution < -0.4 is 10.5 Å². The van der Waals surface area contributed by atoms with Gasteiger partial charge in [0.15, 0.2) is 11.6 Å². The standard InChI is InChI=1S/C24H25FN6O/c1-5-19-22-14-9-21(24(26)27-11-14)32-13(2)18-10-16(25)6-7-17(18)23-15(12-30(3)29-23)8-20(22)31(4)28-19/h6-7,9-13H,5,8H2,1-4H3,(H2,26,27). The molecule has 2 bridgehead atoms. The summed E-state index contributed by atoms with van der Waals surface area (Å²) in [5, 5.41) is 9.50.